The highest BCUT2D eigenvalue weighted by molar-refractivity contribution is 6.61. The van der Waals surface area contributed by atoms with Gasteiger partial charge in [0.2, 0.25) is 0 Å². The smallest absolute Gasteiger partial charge is 0.398 e. The fourth-order valence-electron chi connectivity index (χ4n) is 3.11. The molecule has 0 amide bonds. The number of piperidine rings is 1. The van der Waals surface area contributed by atoms with Crippen LogP contribution >= 0.6 is 0 Å². The molecule has 2 aliphatic rings. The average Bonchev–Trinajstić information content (AvgIpc) is 2.68. The summed E-state index contributed by atoms with van der Waals surface area (Å²) in [5, 5.41) is 0. The number of anilines is 1. The van der Waals surface area contributed by atoms with Gasteiger partial charge < -0.3 is 14.2 Å². The van der Waals surface area contributed by atoms with Crippen LogP contribution in [-0.4, -0.2) is 36.4 Å². The normalized spacial score (nSPS) is 27.2. The summed E-state index contributed by atoms with van der Waals surface area (Å²) in [4.78, 5) is 7.20. The van der Waals surface area contributed by atoms with Crippen molar-refractivity contribution >= 4 is 18.5 Å². The van der Waals surface area contributed by atoms with Gasteiger partial charge in [-0.05, 0) is 58.6 Å². The quantitative estimate of drug-likeness (QED) is 0.787. The first-order valence-electron chi connectivity index (χ1n) is 8.36. The summed E-state index contributed by atoms with van der Waals surface area (Å²) in [6.45, 7) is 12.8. The van der Waals surface area contributed by atoms with Crippen LogP contribution in [0.3, 0.4) is 0 Å². The number of hydrogen-bond donors (Lipinski definition) is 0. The van der Waals surface area contributed by atoms with Crippen LogP contribution in [0.2, 0.25) is 0 Å². The van der Waals surface area contributed by atoms with Crippen LogP contribution in [0.25, 0.3) is 0 Å². The van der Waals surface area contributed by atoms with Gasteiger partial charge in [-0.2, -0.15) is 0 Å². The van der Waals surface area contributed by atoms with Gasteiger partial charge in [0, 0.05) is 13.1 Å². The molecule has 0 N–H and O–H groups in total. The molecule has 3 rings (SSSR count). The van der Waals surface area contributed by atoms with Gasteiger partial charge in [-0.1, -0.05) is 13.0 Å². The lowest BCUT2D eigenvalue weighted by atomic mass is 9.84. The molecule has 0 bridgehead atoms. The van der Waals surface area contributed by atoms with Crippen LogP contribution in [0.4, 0.5) is 5.82 Å². The molecule has 0 spiro atoms. The highest BCUT2D eigenvalue weighted by Gasteiger charge is 2.52. The van der Waals surface area contributed by atoms with Gasteiger partial charge >= 0.3 is 7.12 Å². The van der Waals surface area contributed by atoms with E-state index in [0.717, 1.165) is 30.4 Å². The molecule has 0 saturated carbocycles. The highest BCUT2D eigenvalue weighted by atomic mass is 16.7. The molecule has 0 radical (unpaired) electrons. The molecule has 4 nitrogen and oxygen atoms in total. The summed E-state index contributed by atoms with van der Waals surface area (Å²) >= 11 is 0. The van der Waals surface area contributed by atoms with E-state index in [2.05, 4.69) is 51.7 Å². The zero-order chi connectivity index (χ0) is 16.0. The van der Waals surface area contributed by atoms with E-state index in [1.807, 2.05) is 6.07 Å². The van der Waals surface area contributed by atoms with E-state index in [9.17, 15) is 0 Å². The molecule has 2 aliphatic heterocycles. The van der Waals surface area contributed by atoms with Crippen LogP contribution < -0.4 is 10.5 Å². The molecule has 1 atom stereocenters. The van der Waals surface area contributed by atoms with E-state index < -0.39 is 0 Å². The maximum Gasteiger partial charge on any atom is 0.514 e. The summed E-state index contributed by atoms with van der Waals surface area (Å²) in [6, 6.07) is 6.15. The number of pyridine rings is 1. The fraction of sp³-hybridized carbons (Fsp3) is 0.706. The molecule has 1 aromatic rings. The summed E-state index contributed by atoms with van der Waals surface area (Å²) in [5.41, 5.74) is 0.221. The Balaban J connectivity index is 1.80. The predicted octanol–water partition coefficient (Wildman–Crippen LogP) is 2.62. The first kappa shape index (κ1) is 15.8. The number of aromatic nitrogens is 1. The van der Waals surface area contributed by atoms with Crippen molar-refractivity contribution in [2.45, 2.75) is 58.7 Å². The molecule has 2 saturated heterocycles. The Bertz CT molecular complexity index is 531. The molecule has 120 valence electrons. The minimum atomic E-state index is -0.382. The molecule has 22 heavy (non-hydrogen) atoms. The van der Waals surface area contributed by atoms with Gasteiger partial charge in [-0.25, -0.2) is 4.98 Å². The Hall–Kier alpha value is -1.07. The second-order valence-electron chi connectivity index (χ2n) is 7.70. The van der Waals surface area contributed by atoms with Crippen LogP contribution in [0.1, 0.15) is 47.5 Å². The van der Waals surface area contributed by atoms with Crippen molar-refractivity contribution in [2.75, 3.05) is 18.0 Å². The molecule has 0 unspecified atom stereocenters. The Morgan fingerprint density at radius 2 is 1.86 bits per heavy atom. The van der Waals surface area contributed by atoms with Crippen LogP contribution in [0, 0.1) is 5.92 Å². The van der Waals surface area contributed by atoms with Crippen LogP contribution in [0.5, 0.6) is 0 Å². The second kappa shape index (κ2) is 5.53. The summed E-state index contributed by atoms with van der Waals surface area (Å²) in [5.74, 6) is 1.77. The first-order valence-corrected chi connectivity index (χ1v) is 8.36. The summed E-state index contributed by atoms with van der Waals surface area (Å²) in [6.07, 6.45) is 2.55. The van der Waals surface area contributed by atoms with Crippen LogP contribution in [-0.2, 0) is 9.31 Å². The van der Waals surface area contributed by atoms with E-state index in [-0.39, 0.29) is 18.3 Å². The SMILES string of the molecule is C[C@H]1CCCN(c2cccc(B3OC(C)(C)C(C)(C)O3)n2)C1. The van der Waals surface area contributed by atoms with Gasteiger partial charge in [0.15, 0.2) is 0 Å². The van der Waals surface area contributed by atoms with Gasteiger partial charge in [0.25, 0.3) is 0 Å². The molecule has 2 fully saturated rings. The van der Waals surface area contributed by atoms with Gasteiger partial charge in [0.1, 0.15) is 5.82 Å². The molecular weight excluding hydrogens is 275 g/mol. The number of nitrogens with zero attached hydrogens (tertiary/aromatic N) is 2. The third-order valence-corrected chi connectivity index (χ3v) is 5.23. The Morgan fingerprint density at radius 1 is 1.18 bits per heavy atom. The van der Waals surface area contributed by atoms with E-state index in [4.69, 9.17) is 14.3 Å². The van der Waals surface area contributed by atoms with E-state index in [1.54, 1.807) is 0 Å². The fourth-order valence-corrected chi connectivity index (χ4v) is 3.11. The Kier molecular flexibility index (Phi) is 3.98. The number of rotatable bonds is 2. The predicted molar refractivity (Wildman–Crippen MR) is 90.6 cm³/mol. The topological polar surface area (TPSA) is 34.6 Å². The van der Waals surface area contributed by atoms with Crippen molar-refractivity contribution in [1.82, 2.24) is 4.98 Å². The Morgan fingerprint density at radius 3 is 2.50 bits per heavy atom. The van der Waals surface area contributed by atoms with Crippen molar-refractivity contribution in [3.8, 4) is 0 Å². The zero-order valence-corrected chi connectivity index (χ0v) is 14.4. The maximum atomic E-state index is 6.11. The third-order valence-electron chi connectivity index (χ3n) is 5.23. The molecule has 0 aliphatic carbocycles. The average molecular weight is 302 g/mol. The molecule has 0 aromatic carbocycles. The van der Waals surface area contributed by atoms with Crippen molar-refractivity contribution < 1.29 is 9.31 Å². The van der Waals surface area contributed by atoms with Gasteiger partial charge in [-0.15, -0.1) is 0 Å². The minimum Gasteiger partial charge on any atom is -0.398 e. The standard InChI is InChI=1S/C17H27BN2O2/c1-13-8-7-11-20(12-13)15-10-6-9-14(19-15)18-21-16(2,3)17(4,5)22-18/h6,9-10,13H,7-8,11-12H2,1-5H3/t13-/m0/s1. The largest absolute Gasteiger partial charge is 0.514 e. The minimum absolute atomic E-state index is 0.324. The van der Waals surface area contributed by atoms with Crippen LogP contribution in [0.15, 0.2) is 18.2 Å². The van der Waals surface area contributed by atoms with E-state index in [0.29, 0.717) is 0 Å². The Labute approximate surface area is 134 Å². The van der Waals surface area contributed by atoms with Crippen molar-refractivity contribution in [1.29, 1.82) is 0 Å². The highest BCUT2D eigenvalue weighted by Crippen LogP contribution is 2.36. The lowest BCUT2D eigenvalue weighted by Gasteiger charge is -2.32. The number of hydrogen-bond acceptors (Lipinski definition) is 4. The lowest BCUT2D eigenvalue weighted by molar-refractivity contribution is 0.00578. The molecule has 1 aromatic heterocycles. The first-order chi connectivity index (χ1) is 10.3. The van der Waals surface area contributed by atoms with E-state index in [1.165, 1.54) is 12.8 Å². The zero-order valence-electron chi connectivity index (χ0n) is 14.4. The van der Waals surface area contributed by atoms with Crippen molar-refractivity contribution in [2.24, 2.45) is 5.92 Å². The van der Waals surface area contributed by atoms with E-state index >= 15 is 0 Å². The lowest BCUT2D eigenvalue weighted by Crippen LogP contribution is -2.41. The maximum absolute atomic E-state index is 6.11. The summed E-state index contributed by atoms with van der Waals surface area (Å²) < 4.78 is 12.2. The third kappa shape index (κ3) is 2.89. The monoisotopic (exact) mass is 302 g/mol. The molecule has 5 heteroatoms. The van der Waals surface area contributed by atoms with Crippen molar-refractivity contribution in [3.63, 3.8) is 0 Å². The molecular formula is C17H27BN2O2. The van der Waals surface area contributed by atoms with Gasteiger partial charge in [-0.3, -0.25) is 0 Å². The summed E-state index contributed by atoms with van der Waals surface area (Å²) in [7, 11) is -0.382. The molecule has 3 heterocycles. The van der Waals surface area contributed by atoms with Gasteiger partial charge in [0.05, 0.1) is 16.8 Å². The van der Waals surface area contributed by atoms with Crippen molar-refractivity contribution in [3.05, 3.63) is 18.2 Å². The second-order valence-corrected chi connectivity index (χ2v) is 7.70.